The second kappa shape index (κ2) is 6.27. The number of carbonyl (C=O) groups is 1. The van der Waals surface area contributed by atoms with Gasteiger partial charge in [0.1, 0.15) is 6.04 Å². The van der Waals surface area contributed by atoms with E-state index in [1.165, 1.54) is 11.9 Å². The summed E-state index contributed by atoms with van der Waals surface area (Å²) in [7, 11) is 1.37. The van der Waals surface area contributed by atoms with E-state index in [1.807, 2.05) is 0 Å². The third kappa shape index (κ3) is 3.19. The summed E-state index contributed by atoms with van der Waals surface area (Å²) in [6.07, 6.45) is -2.72. The first-order valence-electron chi connectivity index (χ1n) is 5.81. The fourth-order valence-electron chi connectivity index (χ4n) is 1.93. The molecule has 0 bridgehead atoms. The van der Waals surface area contributed by atoms with Crippen molar-refractivity contribution in [1.82, 2.24) is 0 Å². The number of non-ortho nitro benzene ring substituents is 1. The standard InChI is InChI=1S/C12H14F2N2O4/c1-3-9(12(17)18)15(2)10-5-4-7(16(19)20)6-8(10)11(13)14/h4-6,9,11H,3H2,1-2H3,(H,17,18). The van der Waals surface area contributed by atoms with Gasteiger partial charge < -0.3 is 10.0 Å². The van der Waals surface area contributed by atoms with Gasteiger partial charge in [0, 0.05) is 30.4 Å². The van der Waals surface area contributed by atoms with E-state index in [0.29, 0.717) is 0 Å². The van der Waals surface area contributed by atoms with Crippen LogP contribution in [0.1, 0.15) is 25.3 Å². The fraction of sp³-hybridized carbons (Fsp3) is 0.417. The van der Waals surface area contributed by atoms with E-state index in [1.54, 1.807) is 6.92 Å². The number of nitro groups is 1. The van der Waals surface area contributed by atoms with Crippen LogP contribution in [0, 0.1) is 10.1 Å². The number of aliphatic carboxylic acids is 1. The lowest BCUT2D eigenvalue weighted by Crippen LogP contribution is -2.38. The Kier molecular flexibility index (Phi) is 4.95. The first-order chi connectivity index (χ1) is 9.29. The summed E-state index contributed by atoms with van der Waals surface area (Å²) in [4.78, 5) is 22.1. The van der Waals surface area contributed by atoms with E-state index in [0.717, 1.165) is 18.2 Å². The average molecular weight is 288 g/mol. The number of alkyl halides is 2. The molecular weight excluding hydrogens is 274 g/mol. The predicted molar refractivity (Wildman–Crippen MR) is 68.2 cm³/mol. The summed E-state index contributed by atoms with van der Waals surface area (Å²) < 4.78 is 26.0. The number of nitro benzene ring substituents is 1. The van der Waals surface area contributed by atoms with Crippen LogP contribution in [0.5, 0.6) is 0 Å². The molecule has 0 aliphatic carbocycles. The second-order valence-electron chi connectivity index (χ2n) is 4.17. The highest BCUT2D eigenvalue weighted by atomic mass is 19.3. The van der Waals surface area contributed by atoms with Crippen LogP contribution in [0.2, 0.25) is 0 Å². The van der Waals surface area contributed by atoms with E-state index < -0.39 is 34.6 Å². The van der Waals surface area contributed by atoms with Gasteiger partial charge in [-0.1, -0.05) is 6.92 Å². The highest BCUT2D eigenvalue weighted by Gasteiger charge is 2.26. The molecule has 0 heterocycles. The van der Waals surface area contributed by atoms with Crippen LogP contribution in [0.4, 0.5) is 20.2 Å². The smallest absolute Gasteiger partial charge is 0.326 e. The van der Waals surface area contributed by atoms with Gasteiger partial charge in [-0.25, -0.2) is 13.6 Å². The van der Waals surface area contributed by atoms with Gasteiger partial charge in [0.2, 0.25) is 0 Å². The normalized spacial score (nSPS) is 12.2. The number of benzene rings is 1. The molecule has 1 aromatic carbocycles. The molecule has 1 unspecified atom stereocenters. The molecule has 1 N–H and O–H groups in total. The quantitative estimate of drug-likeness (QED) is 0.642. The van der Waals surface area contributed by atoms with Gasteiger partial charge in [-0.2, -0.15) is 0 Å². The number of rotatable bonds is 6. The highest BCUT2D eigenvalue weighted by Crippen LogP contribution is 2.33. The van der Waals surface area contributed by atoms with Crippen molar-refractivity contribution in [3.63, 3.8) is 0 Å². The zero-order chi connectivity index (χ0) is 15.4. The summed E-state index contributed by atoms with van der Waals surface area (Å²) in [5.74, 6) is -1.14. The number of hydrogen-bond acceptors (Lipinski definition) is 4. The first kappa shape index (κ1) is 15.8. The lowest BCUT2D eigenvalue weighted by atomic mass is 10.1. The minimum Gasteiger partial charge on any atom is -0.480 e. The van der Waals surface area contributed by atoms with Gasteiger partial charge in [0.15, 0.2) is 0 Å². The zero-order valence-electron chi connectivity index (χ0n) is 10.9. The van der Waals surface area contributed by atoms with Crippen LogP contribution in [0.25, 0.3) is 0 Å². The maximum Gasteiger partial charge on any atom is 0.326 e. The van der Waals surface area contributed by atoms with E-state index in [9.17, 15) is 23.7 Å². The summed E-state index contributed by atoms with van der Waals surface area (Å²) in [5.41, 5.74) is -1.04. The molecule has 0 saturated carbocycles. The topological polar surface area (TPSA) is 83.7 Å². The van der Waals surface area contributed by atoms with Gasteiger partial charge in [0.25, 0.3) is 12.1 Å². The lowest BCUT2D eigenvalue weighted by Gasteiger charge is -2.27. The average Bonchev–Trinajstić information content (AvgIpc) is 2.37. The van der Waals surface area contributed by atoms with Crippen LogP contribution in [0.3, 0.4) is 0 Å². The number of hydrogen-bond donors (Lipinski definition) is 1. The van der Waals surface area contributed by atoms with Crippen molar-refractivity contribution >= 4 is 17.3 Å². The number of likely N-dealkylation sites (N-methyl/N-ethyl adjacent to an activating group) is 1. The molecule has 0 aromatic heterocycles. The van der Waals surface area contributed by atoms with Crippen LogP contribution >= 0.6 is 0 Å². The number of halogens is 2. The second-order valence-corrected chi connectivity index (χ2v) is 4.17. The maximum absolute atomic E-state index is 13.0. The van der Waals surface area contributed by atoms with Crippen molar-refractivity contribution in [2.75, 3.05) is 11.9 Å². The van der Waals surface area contributed by atoms with E-state index >= 15 is 0 Å². The molecule has 1 aromatic rings. The molecule has 0 aliphatic heterocycles. The Morgan fingerprint density at radius 1 is 1.50 bits per heavy atom. The molecule has 0 fully saturated rings. The molecular formula is C12H14F2N2O4. The summed E-state index contributed by atoms with van der Waals surface area (Å²) in [6, 6.07) is 2.01. The van der Waals surface area contributed by atoms with E-state index in [-0.39, 0.29) is 12.1 Å². The molecule has 8 heteroatoms. The SMILES string of the molecule is CCC(C(=O)O)N(C)c1ccc([N+](=O)[O-])cc1C(F)F. The van der Waals surface area contributed by atoms with Crippen LogP contribution in [0.15, 0.2) is 18.2 Å². The van der Waals surface area contributed by atoms with Crippen LogP contribution < -0.4 is 4.90 Å². The summed E-state index contributed by atoms with van der Waals surface area (Å²) in [6.45, 7) is 1.61. The monoisotopic (exact) mass is 288 g/mol. The van der Waals surface area contributed by atoms with Crippen molar-refractivity contribution in [2.45, 2.75) is 25.8 Å². The van der Waals surface area contributed by atoms with Crippen LogP contribution in [-0.2, 0) is 4.79 Å². The van der Waals surface area contributed by atoms with Crippen molar-refractivity contribution < 1.29 is 23.6 Å². The minimum atomic E-state index is -2.93. The van der Waals surface area contributed by atoms with Gasteiger partial charge in [0.05, 0.1) is 4.92 Å². The van der Waals surface area contributed by atoms with Crippen molar-refractivity contribution in [2.24, 2.45) is 0 Å². The third-order valence-corrected chi connectivity index (χ3v) is 2.98. The van der Waals surface area contributed by atoms with Gasteiger partial charge in [-0.05, 0) is 12.5 Å². The summed E-state index contributed by atoms with van der Waals surface area (Å²) >= 11 is 0. The molecule has 110 valence electrons. The Labute approximate surface area is 113 Å². The Bertz CT molecular complexity index is 522. The maximum atomic E-state index is 13.0. The molecule has 1 atom stereocenters. The minimum absolute atomic E-state index is 0.0279. The Hall–Kier alpha value is -2.25. The first-order valence-corrected chi connectivity index (χ1v) is 5.81. The third-order valence-electron chi connectivity index (χ3n) is 2.98. The Morgan fingerprint density at radius 3 is 2.50 bits per heavy atom. The number of nitrogens with zero attached hydrogens (tertiary/aromatic N) is 2. The molecule has 1 rings (SSSR count). The highest BCUT2D eigenvalue weighted by molar-refractivity contribution is 5.78. The molecule has 0 radical (unpaired) electrons. The van der Waals surface area contributed by atoms with E-state index in [4.69, 9.17) is 5.11 Å². The predicted octanol–water partition coefficient (Wildman–Crippen LogP) is 2.83. The molecule has 0 saturated heterocycles. The van der Waals surface area contributed by atoms with Gasteiger partial charge in [-0.3, -0.25) is 10.1 Å². The van der Waals surface area contributed by atoms with Gasteiger partial charge >= 0.3 is 5.97 Å². The molecule has 6 nitrogen and oxygen atoms in total. The van der Waals surface area contributed by atoms with Crippen LogP contribution in [-0.4, -0.2) is 29.1 Å². The van der Waals surface area contributed by atoms with Gasteiger partial charge in [-0.15, -0.1) is 0 Å². The number of anilines is 1. The molecule has 0 amide bonds. The van der Waals surface area contributed by atoms with E-state index in [2.05, 4.69) is 0 Å². The van der Waals surface area contributed by atoms with Crippen molar-refractivity contribution in [3.8, 4) is 0 Å². The lowest BCUT2D eigenvalue weighted by molar-refractivity contribution is -0.385. The number of carboxylic acids is 1. The van der Waals surface area contributed by atoms with Crippen molar-refractivity contribution in [1.29, 1.82) is 0 Å². The Morgan fingerprint density at radius 2 is 2.10 bits per heavy atom. The fourth-order valence-corrected chi connectivity index (χ4v) is 1.93. The largest absolute Gasteiger partial charge is 0.480 e. The zero-order valence-corrected chi connectivity index (χ0v) is 10.9. The molecule has 0 aliphatic rings. The molecule has 0 spiro atoms. The molecule has 20 heavy (non-hydrogen) atoms. The Balaban J connectivity index is 3.29. The number of carboxylic acid groups (broad SMARTS) is 1. The summed E-state index contributed by atoms with van der Waals surface area (Å²) in [5, 5.41) is 19.6. The van der Waals surface area contributed by atoms with Crippen molar-refractivity contribution in [3.05, 3.63) is 33.9 Å².